The lowest BCUT2D eigenvalue weighted by Gasteiger charge is -2.18. The van der Waals surface area contributed by atoms with Gasteiger partial charge in [-0.05, 0) is 64.2 Å². The molecule has 60 heavy (non-hydrogen) atoms. The number of carbonyl (C=O) groups excluding carboxylic acids is 3. The molecular weight excluding hydrogens is 745 g/mol. The van der Waals surface area contributed by atoms with Crippen LogP contribution in [0.5, 0.6) is 0 Å². The summed E-state index contributed by atoms with van der Waals surface area (Å²) >= 11 is 0. The lowest BCUT2D eigenvalue weighted by molar-refractivity contribution is -0.167. The molecule has 0 rings (SSSR count). The van der Waals surface area contributed by atoms with E-state index in [9.17, 15) is 14.4 Å². The van der Waals surface area contributed by atoms with Crippen molar-refractivity contribution in [3.05, 3.63) is 48.6 Å². The normalized spacial score (nSPS) is 12.4. The lowest BCUT2D eigenvalue weighted by Crippen LogP contribution is -2.30. The van der Waals surface area contributed by atoms with Gasteiger partial charge in [0.25, 0.3) is 0 Å². The Morgan fingerprint density at radius 1 is 0.350 bits per heavy atom. The molecule has 6 nitrogen and oxygen atoms in total. The zero-order chi connectivity index (χ0) is 43.7. The van der Waals surface area contributed by atoms with Crippen LogP contribution in [0.2, 0.25) is 0 Å². The van der Waals surface area contributed by atoms with Crippen LogP contribution in [0.25, 0.3) is 0 Å². The van der Waals surface area contributed by atoms with Gasteiger partial charge in [-0.1, -0.05) is 223 Å². The van der Waals surface area contributed by atoms with Gasteiger partial charge in [0.15, 0.2) is 6.10 Å². The molecule has 0 aromatic rings. The number of unbranched alkanes of at least 4 members (excludes halogenated alkanes) is 29. The van der Waals surface area contributed by atoms with Crippen LogP contribution >= 0.6 is 0 Å². The molecule has 0 aliphatic carbocycles. The van der Waals surface area contributed by atoms with Crippen LogP contribution in [0.3, 0.4) is 0 Å². The maximum absolute atomic E-state index is 12.8. The van der Waals surface area contributed by atoms with E-state index >= 15 is 0 Å². The quantitative estimate of drug-likeness (QED) is 0.0200. The monoisotopic (exact) mass is 841 g/mol. The largest absolute Gasteiger partial charge is 0.462 e. The van der Waals surface area contributed by atoms with Crippen molar-refractivity contribution in [3.63, 3.8) is 0 Å². The summed E-state index contributed by atoms with van der Waals surface area (Å²) in [5.41, 5.74) is 0. The fourth-order valence-corrected chi connectivity index (χ4v) is 7.26. The number of hydrogen-bond acceptors (Lipinski definition) is 6. The molecule has 0 aliphatic rings. The minimum absolute atomic E-state index is 0.0822. The number of hydrogen-bond donors (Lipinski definition) is 0. The molecule has 0 spiro atoms. The molecule has 1 unspecified atom stereocenters. The predicted molar refractivity (Wildman–Crippen MR) is 256 cm³/mol. The molecule has 0 N–H and O–H groups in total. The van der Waals surface area contributed by atoms with Crippen molar-refractivity contribution in [2.75, 3.05) is 13.2 Å². The third-order valence-electron chi connectivity index (χ3n) is 11.1. The molecule has 0 heterocycles. The second-order valence-corrected chi connectivity index (χ2v) is 17.1. The van der Waals surface area contributed by atoms with E-state index in [4.69, 9.17) is 14.2 Å². The second kappa shape index (κ2) is 49.0. The molecule has 0 aromatic heterocycles. The Labute approximate surface area is 371 Å². The van der Waals surface area contributed by atoms with Crippen molar-refractivity contribution in [2.24, 2.45) is 0 Å². The van der Waals surface area contributed by atoms with Crippen molar-refractivity contribution in [2.45, 2.75) is 264 Å². The molecule has 0 saturated heterocycles. The Kier molecular flexibility index (Phi) is 46.9. The molecule has 1 atom stereocenters. The third kappa shape index (κ3) is 46.4. The van der Waals surface area contributed by atoms with Crippen molar-refractivity contribution in [1.29, 1.82) is 0 Å². The Hall–Kier alpha value is -2.63. The number of rotatable bonds is 46. The van der Waals surface area contributed by atoms with Crippen molar-refractivity contribution >= 4 is 17.9 Å². The van der Waals surface area contributed by atoms with E-state index in [1.54, 1.807) is 0 Å². The molecular formula is C54H96O6. The van der Waals surface area contributed by atoms with E-state index in [-0.39, 0.29) is 31.1 Å². The summed E-state index contributed by atoms with van der Waals surface area (Å²) < 4.78 is 16.8. The van der Waals surface area contributed by atoms with Crippen molar-refractivity contribution in [3.8, 4) is 0 Å². The molecule has 0 fully saturated rings. The first-order chi connectivity index (χ1) is 29.5. The average Bonchev–Trinajstić information content (AvgIpc) is 3.24. The van der Waals surface area contributed by atoms with Crippen LogP contribution < -0.4 is 0 Å². The van der Waals surface area contributed by atoms with Gasteiger partial charge in [0.2, 0.25) is 0 Å². The summed E-state index contributed by atoms with van der Waals surface area (Å²) in [6, 6.07) is 0. The van der Waals surface area contributed by atoms with Crippen molar-refractivity contribution in [1.82, 2.24) is 0 Å². The minimum atomic E-state index is -0.783. The van der Waals surface area contributed by atoms with E-state index in [0.717, 1.165) is 89.9 Å². The highest BCUT2D eigenvalue weighted by Crippen LogP contribution is 2.15. The maximum Gasteiger partial charge on any atom is 0.306 e. The highest BCUT2D eigenvalue weighted by atomic mass is 16.6. The lowest BCUT2D eigenvalue weighted by atomic mass is 10.1. The van der Waals surface area contributed by atoms with E-state index < -0.39 is 6.10 Å². The van der Waals surface area contributed by atoms with Gasteiger partial charge in [-0.15, -0.1) is 0 Å². The van der Waals surface area contributed by atoms with Crippen LogP contribution in [0.4, 0.5) is 0 Å². The van der Waals surface area contributed by atoms with Crippen LogP contribution in [-0.4, -0.2) is 37.2 Å². The highest BCUT2D eigenvalue weighted by Gasteiger charge is 2.19. The summed E-state index contributed by atoms with van der Waals surface area (Å²) in [5, 5.41) is 0. The van der Waals surface area contributed by atoms with Gasteiger partial charge in [-0.3, -0.25) is 14.4 Å². The van der Waals surface area contributed by atoms with Gasteiger partial charge in [-0.2, -0.15) is 0 Å². The maximum atomic E-state index is 12.8. The molecule has 0 saturated carbocycles. The summed E-state index contributed by atoms with van der Waals surface area (Å²) in [4.78, 5) is 37.9. The highest BCUT2D eigenvalue weighted by molar-refractivity contribution is 5.71. The van der Waals surface area contributed by atoms with E-state index in [0.29, 0.717) is 19.3 Å². The zero-order valence-corrected chi connectivity index (χ0v) is 39.7. The number of ether oxygens (including phenoxy) is 3. The van der Waals surface area contributed by atoms with E-state index in [1.807, 2.05) is 0 Å². The summed E-state index contributed by atoms with van der Waals surface area (Å²) in [6.45, 7) is 6.49. The minimum Gasteiger partial charge on any atom is -0.462 e. The van der Waals surface area contributed by atoms with Crippen LogP contribution in [-0.2, 0) is 28.6 Å². The summed E-state index contributed by atoms with van der Waals surface area (Å²) in [6.07, 6.45) is 58.1. The Morgan fingerprint density at radius 2 is 0.667 bits per heavy atom. The van der Waals surface area contributed by atoms with Crippen LogP contribution in [0.1, 0.15) is 258 Å². The summed E-state index contributed by atoms with van der Waals surface area (Å²) in [5.74, 6) is -0.906. The smallest absolute Gasteiger partial charge is 0.306 e. The van der Waals surface area contributed by atoms with Crippen LogP contribution in [0, 0.1) is 0 Å². The molecule has 6 heteroatoms. The molecule has 0 bridgehead atoms. The molecule has 348 valence electrons. The van der Waals surface area contributed by atoms with Gasteiger partial charge in [-0.25, -0.2) is 0 Å². The van der Waals surface area contributed by atoms with Gasteiger partial charge in [0.05, 0.1) is 0 Å². The first kappa shape index (κ1) is 57.4. The van der Waals surface area contributed by atoms with E-state index in [1.165, 1.54) is 128 Å². The second-order valence-electron chi connectivity index (χ2n) is 17.1. The standard InChI is InChI=1S/C54H96O6/c1-4-7-10-13-16-19-22-24-25-26-27-28-30-32-35-38-41-44-47-53(56)59-50-51(49-58-52(55)46-43-40-37-34-31-21-18-15-12-9-6-3)60-54(57)48-45-42-39-36-33-29-23-20-17-14-11-8-5-2/h8,11,14,17,20,23,27-28,51H,4-7,9-10,12-13,15-16,18-19,21-22,24-26,29-50H2,1-3H3/b11-8-,17-14-,23-20-,28-27-. The van der Waals surface area contributed by atoms with Crippen molar-refractivity contribution < 1.29 is 28.6 Å². The fraction of sp³-hybridized carbons (Fsp3) is 0.796. The number of esters is 3. The number of carbonyl (C=O) groups is 3. The van der Waals surface area contributed by atoms with Gasteiger partial charge in [0, 0.05) is 19.3 Å². The third-order valence-corrected chi connectivity index (χ3v) is 11.1. The first-order valence-electron chi connectivity index (χ1n) is 25.7. The van der Waals surface area contributed by atoms with Gasteiger partial charge < -0.3 is 14.2 Å². The average molecular weight is 841 g/mol. The molecule has 0 aliphatic heterocycles. The molecule has 0 aromatic carbocycles. The Balaban J connectivity index is 4.35. The molecule has 0 radical (unpaired) electrons. The van der Waals surface area contributed by atoms with Crippen LogP contribution in [0.15, 0.2) is 48.6 Å². The van der Waals surface area contributed by atoms with E-state index in [2.05, 4.69) is 69.4 Å². The predicted octanol–water partition coefficient (Wildman–Crippen LogP) is 16.7. The van der Waals surface area contributed by atoms with Gasteiger partial charge in [0.1, 0.15) is 13.2 Å². The summed E-state index contributed by atoms with van der Waals surface area (Å²) in [7, 11) is 0. The number of allylic oxidation sites excluding steroid dienone is 8. The fourth-order valence-electron chi connectivity index (χ4n) is 7.26. The molecule has 0 amide bonds. The first-order valence-corrected chi connectivity index (χ1v) is 25.7. The Bertz CT molecular complexity index is 1060. The zero-order valence-electron chi connectivity index (χ0n) is 39.7. The topological polar surface area (TPSA) is 78.9 Å². The van der Waals surface area contributed by atoms with Gasteiger partial charge >= 0.3 is 17.9 Å². The Morgan fingerprint density at radius 3 is 1.05 bits per heavy atom. The SMILES string of the molecule is CC\C=C/C=C\C=C/CCCCCCCC(=O)OC(COC(=O)CCCCCCC/C=C\CCCCCCCCCCC)COC(=O)CCCCCCCCCCCCC.